The summed E-state index contributed by atoms with van der Waals surface area (Å²) in [6, 6.07) is 46.1. The minimum atomic E-state index is -1.48. The predicted molar refractivity (Wildman–Crippen MR) is 569 cm³/mol. The minimum Gasteiger partial charge on any atom is -0.478 e. The number of carbonyl (C=O) groups excluding carboxylic acids is 3. The van der Waals surface area contributed by atoms with Crippen LogP contribution < -0.4 is 33.7 Å². The molecule has 12 N–H and O–H groups in total. The Morgan fingerprint density at radius 2 is 0.826 bits per heavy atom. The lowest BCUT2D eigenvalue weighted by atomic mass is 9.77. The number of hydrogen-bond donors (Lipinski definition) is 8. The third-order valence-corrected chi connectivity index (χ3v) is 24.2. The molecule has 0 saturated carbocycles. The van der Waals surface area contributed by atoms with Crippen LogP contribution in [0.15, 0.2) is 176 Å². The average molecular weight is 2410 g/mol. The number of hydrogen-bond acceptors (Lipinski definition) is 23. The van der Waals surface area contributed by atoms with Crippen LogP contribution in [0.2, 0.25) is 20.1 Å². The highest BCUT2D eigenvalue weighted by Crippen LogP contribution is 2.40. The molecule has 42 heteroatoms. The molecule has 3 aromatic heterocycles. The molecule has 7 heterocycles. The van der Waals surface area contributed by atoms with Crippen molar-refractivity contribution in [3.05, 3.63) is 316 Å². The van der Waals surface area contributed by atoms with E-state index in [1.165, 1.54) is 60.7 Å². The van der Waals surface area contributed by atoms with Gasteiger partial charge in [0.1, 0.15) is 92.8 Å². The fourth-order valence-corrected chi connectivity index (χ4v) is 16.5. The molecule has 1 amide bonds. The summed E-state index contributed by atoms with van der Waals surface area (Å²) >= 11 is 27.7. The molecule has 0 bridgehead atoms. The summed E-state index contributed by atoms with van der Waals surface area (Å²) < 4.78 is 135. The standard InChI is InChI=1S/C25H23FN4O2.C18H16FN3O3.C16H25BN2O3.C9H5ClFNO2.C8H5ClFIO2.C7H3ClFIO2.C7H4ClFO2.C7H9N.CH3F.CH3I.3CH4/c26-22-12-18(21-11-20(15-29-24(21)28)17-6-8-32-9-7-17)10-19(13-27)23(22)25(31)30-14-16-4-2-1-3-5-16;19-15-7-11(5-12(8-20)16(15)18(23)24)14-6-13(9-22-17(14)21)10-1-3-25-4-2-10;1-15(2)16(3,4)22-17(21-15)13-9-12(10-19-14(13)18)11-5-7-20-8-6-11;1-14-9(13)8-5(4-12)2-6(10)3-7(8)11;1-13-8(12)7-5(10)2-4(9)3-6(7)11;8-3-1-4(9)6(7(11)12)5(10)2-3;8-4-1-2-5(7(10)11)6(9)3-4;8-6-7-4-2-1-3-5-7;2*1-2;;;/h1-5,10-12,15,17H,6-9,14H2,(H2,28,29)(H,30,31);5-7,9-10H,1-4H2,(H2,21,22)(H,23,24);9-11H,5-8H2,1-4H3,(H2,18,19);2-3H,1H3;2-3H,1H3;1-2H,(H,11,12);1-3H,(H,10,11);1-5H,6,8H2;2*1H3;3*1H4/i;;;;;;;;1D;;;;. The number of aromatic carboxylic acids is 3. The minimum absolute atomic E-state index is 0. The van der Waals surface area contributed by atoms with Gasteiger partial charge in [0.15, 0.2) is 0 Å². The number of methoxy groups -OCH3 is 2. The number of nitrogens with zero attached hydrogens (tertiary/aromatic N) is 6. The summed E-state index contributed by atoms with van der Waals surface area (Å²) in [5, 5.41) is 56.8. The number of nitrogens with two attached hydrogens (primary N) is 4. The van der Waals surface area contributed by atoms with Crippen LogP contribution in [0.25, 0.3) is 22.3 Å². The molecule has 8 aromatic carbocycles. The zero-order valence-corrected chi connectivity index (χ0v) is 86.1. The van der Waals surface area contributed by atoms with Crippen molar-refractivity contribution in [2.75, 3.05) is 83.1 Å². The van der Waals surface area contributed by atoms with Crippen molar-refractivity contribution in [3.63, 3.8) is 0 Å². The lowest BCUT2D eigenvalue weighted by Crippen LogP contribution is -2.41. The van der Waals surface area contributed by atoms with Crippen LogP contribution in [-0.4, -0.2) is 150 Å². The van der Waals surface area contributed by atoms with Crippen LogP contribution in [0.1, 0.15) is 214 Å². The maximum Gasteiger partial charge on any atom is 0.498 e. The van der Waals surface area contributed by atoms with Crippen LogP contribution in [0, 0.1) is 76.0 Å². The van der Waals surface area contributed by atoms with Gasteiger partial charge in [-0.05, 0) is 264 Å². The number of amides is 1. The lowest BCUT2D eigenvalue weighted by Gasteiger charge is -2.32. The fourth-order valence-electron chi connectivity index (χ4n) is 13.7. The first-order chi connectivity index (χ1) is 67.5. The van der Waals surface area contributed by atoms with Gasteiger partial charge in [-0.25, -0.2) is 65.3 Å². The second-order valence-electron chi connectivity index (χ2n) is 31.2. The van der Waals surface area contributed by atoms with Crippen molar-refractivity contribution in [3.8, 4) is 40.5 Å². The third kappa shape index (κ3) is 36.7. The van der Waals surface area contributed by atoms with Crippen molar-refractivity contribution in [1.29, 1.82) is 15.8 Å². The van der Waals surface area contributed by atoms with E-state index in [4.69, 9.17) is 120 Å². The van der Waals surface area contributed by atoms with Crippen molar-refractivity contribution in [2.45, 2.75) is 131 Å². The van der Waals surface area contributed by atoms with Crippen LogP contribution in [-0.2, 0) is 46.1 Å². The quantitative estimate of drug-likeness (QED) is 0.0155. The molecule has 768 valence electrons. The maximum atomic E-state index is 15.1. The van der Waals surface area contributed by atoms with Gasteiger partial charge >= 0.3 is 37.0 Å². The first kappa shape index (κ1) is 125. The molecule has 4 saturated heterocycles. The summed E-state index contributed by atoms with van der Waals surface area (Å²) in [6.45, 7) is 13.4. The number of carboxylic acid groups (broad SMARTS) is 3. The Labute approximate surface area is 894 Å². The van der Waals surface area contributed by atoms with Crippen molar-refractivity contribution >= 4 is 180 Å². The molecule has 0 aliphatic carbocycles. The lowest BCUT2D eigenvalue weighted by molar-refractivity contribution is 0.00578. The van der Waals surface area contributed by atoms with E-state index in [0.29, 0.717) is 80.0 Å². The number of aromatic nitrogens is 3. The number of pyridine rings is 3. The number of halogens is 14. The highest BCUT2D eigenvalue weighted by atomic mass is 127. The molecule has 0 atom stereocenters. The topological polar surface area (TPSA) is 454 Å². The third-order valence-electron chi connectivity index (χ3n) is 21.6. The molecular weight excluding hydrogens is 2300 g/mol. The van der Waals surface area contributed by atoms with Gasteiger partial charge in [0.25, 0.3) is 5.91 Å². The molecule has 4 aliphatic heterocycles. The van der Waals surface area contributed by atoms with Gasteiger partial charge in [-0.3, -0.25) is 9.18 Å². The Bertz CT molecular complexity index is 6300. The second kappa shape index (κ2) is 62.4. The fraction of sp³-hybridized carbons (Fsp3) is 0.294. The first-order valence-electron chi connectivity index (χ1n) is 42.8. The number of carboxylic acids is 3. The van der Waals surface area contributed by atoms with Crippen molar-refractivity contribution in [2.24, 2.45) is 5.73 Å². The molecule has 144 heavy (non-hydrogen) atoms. The number of alkyl halides is 2. The Morgan fingerprint density at radius 3 is 1.20 bits per heavy atom. The summed E-state index contributed by atoms with van der Waals surface area (Å²) in [7, 11) is 0.849. The van der Waals surface area contributed by atoms with Gasteiger partial charge in [0.05, 0.1) is 61.8 Å². The molecule has 4 fully saturated rings. The smallest absolute Gasteiger partial charge is 0.478 e. The maximum absolute atomic E-state index is 15.1. The second-order valence-corrected chi connectivity index (χ2v) is 35.2. The Morgan fingerprint density at radius 1 is 0.479 bits per heavy atom. The van der Waals surface area contributed by atoms with Crippen LogP contribution in [0.5, 0.6) is 0 Å². The number of nitrogen functional groups attached to an aromatic ring is 3. The van der Waals surface area contributed by atoms with E-state index in [-0.39, 0.29) is 122 Å². The number of benzene rings is 8. The number of carbonyl (C=O) groups is 6. The van der Waals surface area contributed by atoms with Gasteiger partial charge in [-0.15, -0.1) is 0 Å². The van der Waals surface area contributed by atoms with E-state index in [9.17, 15) is 60.4 Å². The normalized spacial score (nSPS) is 13.5. The highest BCUT2D eigenvalue weighted by molar-refractivity contribution is 14.1. The number of rotatable bonds is 15. The Hall–Kier alpha value is -11.4. The summed E-state index contributed by atoms with van der Waals surface area (Å²) in [5.41, 5.74) is 28.0. The molecule has 0 radical (unpaired) electrons. The number of anilines is 3. The molecular formula is C102H108BCl4F7I3N11O16. The number of esters is 2. The zero-order chi connectivity index (χ0) is 105. The molecule has 15 rings (SSSR count). The van der Waals surface area contributed by atoms with Gasteiger partial charge in [-0.1, -0.05) is 158 Å². The summed E-state index contributed by atoms with van der Waals surface area (Å²) in [5.74, 6) is -9.23. The summed E-state index contributed by atoms with van der Waals surface area (Å²) in [6.07, 6.45) is 10.8. The summed E-state index contributed by atoms with van der Waals surface area (Å²) in [4.78, 5) is 81.4. The zero-order valence-electron chi connectivity index (χ0n) is 77.6. The van der Waals surface area contributed by atoms with Gasteiger partial charge < -0.3 is 76.6 Å². The van der Waals surface area contributed by atoms with E-state index in [2.05, 4.69) is 58.4 Å². The Balaban J connectivity index is 0.000000436. The van der Waals surface area contributed by atoms with Crippen molar-refractivity contribution in [1.82, 2.24) is 20.3 Å². The molecule has 4 aliphatic rings. The van der Waals surface area contributed by atoms with Gasteiger partial charge in [-0.2, -0.15) is 15.8 Å². The van der Waals surface area contributed by atoms with Crippen LogP contribution >= 0.6 is 114 Å². The van der Waals surface area contributed by atoms with E-state index in [1.807, 2.05) is 140 Å². The Kier molecular flexibility index (Phi) is 54.1. The average Bonchev–Trinajstić information content (AvgIpc) is 1.60. The number of ether oxygens (including phenoxy) is 5. The molecule has 0 unspecified atom stereocenters. The first-order valence-corrected chi connectivity index (χ1v) is 48.0. The molecule has 0 spiro atoms. The SMILES string of the molecule is C.C.C.CC1(C)OB(c2cc(C3CCOCC3)cnc2N)OC1(C)C.CI.COC(=O)c1c(F)cc(Cl)cc1C#N.COC(=O)c1c(F)cc(Cl)cc1I.N#Cc1cc(-c2cc(C3CCOCC3)cnc2N)cc(F)c1C(=O)NCc1ccccc1.N#Cc1cc(-c2cc(C3CCOCC3)cnc2N)cc(F)c1C(=O)O.NCc1ccccc1.O=C(O)c1c(F)cc(Cl)cc1I.O=C(O)c1ccc(Cl)cc1F.[2H]CF. The van der Waals surface area contributed by atoms with Gasteiger partial charge in [0.2, 0.25) is 0 Å². The van der Waals surface area contributed by atoms with E-state index in [0.717, 1.165) is 117 Å². The van der Waals surface area contributed by atoms with E-state index >= 15 is 4.39 Å². The van der Waals surface area contributed by atoms with Crippen molar-refractivity contribution < 1.29 is 109 Å². The molecule has 27 nitrogen and oxygen atoms in total. The van der Waals surface area contributed by atoms with Crippen LogP contribution in [0.4, 0.5) is 48.2 Å². The monoisotopic (exact) mass is 2410 g/mol. The predicted octanol–water partition coefficient (Wildman–Crippen LogP) is 23.6. The number of nitriles is 3. The number of nitrogens with one attached hydrogen (secondary N) is 1. The van der Waals surface area contributed by atoms with E-state index in [1.54, 1.807) is 47.1 Å². The van der Waals surface area contributed by atoms with E-state index < -0.39 is 90.5 Å². The largest absolute Gasteiger partial charge is 0.498 e. The highest BCUT2D eigenvalue weighted by Gasteiger charge is 2.52. The van der Waals surface area contributed by atoms with Crippen LogP contribution in [0.3, 0.4) is 0 Å². The molecule has 11 aromatic rings. The van der Waals surface area contributed by atoms with Gasteiger partial charge in [0, 0.05) is 115 Å².